The molecule has 4 heteroatoms. The molecule has 0 amide bonds. The molecule has 0 fully saturated rings. The van der Waals surface area contributed by atoms with Crippen molar-refractivity contribution in [3.63, 3.8) is 0 Å². The van der Waals surface area contributed by atoms with E-state index >= 15 is 0 Å². The first-order valence-corrected chi connectivity index (χ1v) is 7.38. The van der Waals surface area contributed by atoms with Crippen molar-refractivity contribution >= 4 is 22.3 Å². The number of thiophene rings is 1. The summed E-state index contributed by atoms with van der Waals surface area (Å²) in [6.45, 7) is 6.21. The maximum absolute atomic E-state index is 12.0. The van der Waals surface area contributed by atoms with E-state index in [9.17, 15) is 4.79 Å². The highest BCUT2D eigenvalue weighted by molar-refractivity contribution is 7.17. The van der Waals surface area contributed by atoms with Gasteiger partial charge in [0.1, 0.15) is 10.6 Å². The quantitative estimate of drug-likeness (QED) is 0.870. The summed E-state index contributed by atoms with van der Waals surface area (Å²) < 4.78 is 4.88. The Hall–Kier alpha value is -1.81. The highest BCUT2D eigenvalue weighted by Gasteiger charge is 2.23. The number of ether oxygens (including phenoxy) is 1. The molecule has 2 aromatic rings. The standard InChI is InChI=1S/C16H19NO2S/c1-5-12-13(11-7-6-9(2)10(3)8-11)14(15(17)20-12)16(18)19-4/h6-8H,5,17H2,1-4H3. The minimum Gasteiger partial charge on any atom is -0.465 e. The lowest BCUT2D eigenvalue weighted by atomic mass is 9.97. The molecule has 3 nitrogen and oxygen atoms in total. The van der Waals surface area contributed by atoms with Crippen LogP contribution in [0.3, 0.4) is 0 Å². The number of hydrogen-bond acceptors (Lipinski definition) is 4. The van der Waals surface area contributed by atoms with E-state index in [4.69, 9.17) is 10.5 Å². The summed E-state index contributed by atoms with van der Waals surface area (Å²) in [5.41, 5.74) is 10.9. The summed E-state index contributed by atoms with van der Waals surface area (Å²) >= 11 is 1.47. The highest BCUT2D eigenvalue weighted by Crippen LogP contribution is 2.39. The van der Waals surface area contributed by atoms with E-state index in [1.54, 1.807) is 0 Å². The number of nitrogens with two attached hydrogens (primary N) is 1. The van der Waals surface area contributed by atoms with E-state index < -0.39 is 0 Å². The number of methoxy groups -OCH3 is 1. The van der Waals surface area contributed by atoms with Gasteiger partial charge in [0, 0.05) is 10.4 Å². The fourth-order valence-corrected chi connectivity index (χ4v) is 3.27. The van der Waals surface area contributed by atoms with E-state index in [-0.39, 0.29) is 5.97 Å². The van der Waals surface area contributed by atoms with E-state index in [1.807, 2.05) is 6.07 Å². The third kappa shape index (κ3) is 2.43. The van der Waals surface area contributed by atoms with Gasteiger partial charge in [-0.1, -0.05) is 25.1 Å². The average molecular weight is 289 g/mol. The van der Waals surface area contributed by atoms with Crippen LogP contribution in [-0.2, 0) is 11.2 Å². The third-order valence-electron chi connectivity index (χ3n) is 3.51. The second-order valence-electron chi connectivity index (χ2n) is 4.78. The first kappa shape index (κ1) is 14.6. The topological polar surface area (TPSA) is 52.3 Å². The van der Waals surface area contributed by atoms with Crippen molar-refractivity contribution < 1.29 is 9.53 Å². The van der Waals surface area contributed by atoms with Crippen LogP contribution < -0.4 is 5.73 Å². The largest absolute Gasteiger partial charge is 0.465 e. The molecule has 0 aliphatic rings. The molecular weight excluding hydrogens is 270 g/mol. The monoisotopic (exact) mass is 289 g/mol. The molecule has 2 rings (SSSR count). The van der Waals surface area contributed by atoms with Gasteiger partial charge in [-0.15, -0.1) is 11.3 Å². The van der Waals surface area contributed by atoms with Crippen LogP contribution in [0.15, 0.2) is 18.2 Å². The SMILES string of the molecule is CCc1sc(N)c(C(=O)OC)c1-c1ccc(C)c(C)c1. The summed E-state index contributed by atoms with van der Waals surface area (Å²) in [6, 6.07) is 6.21. The number of carbonyl (C=O) groups is 1. The van der Waals surface area contributed by atoms with Gasteiger partial charge in [0.25, 0.3) is 0 Å². The van der Waals surface area contributed by atoms with E-state index in [0.717, 1.165) is 22.4 Å². The molecule has 0 saturated carbocycles. The zero-order valence-corrected chi connectivity index (χ0v) is 13.1. The second kappa shape index (κ2) is 5.67. The summed E-state index contributed by atoms with van der Waals surface area (Å²) in [5.74, 6) is -0.369. The number of benzene rings is 1. The molecule has 106 valence electrons. The van der Waals surface area contributed by atoms with E-state index in [0.29, 0.717) is 10.6 Å². The van der Waals surface area contributed by atoms with Crippen LogP contribution >= 0.6 is 11.3 Å². The van der Waals surface area contributed by atoms with Crippen LogP contribution in [-0.4, -0.2) is 13.1 Å². The minimum absolute atomic E-state index is 0.369. The summed E-state index contributed by atoms with van der Waals surface area (Å²) in [7, 11) is 1.38. The molecule has 1 aromatic carbocycles. The van der Waals surface area contributed by atoms with Crippen molar-refractivity contribution in [2.24, 2.45) is 0 Å². The van der Waals surface area contributed by atoms with Crippen molar-refractivity contribution in [3.05, 3.63) is 39.8 Å². The van der Waals surface area contributed by atoms with Gasteiger partial charge < -0.3 is 10.5 Å². The number of hydrogen-bond donors (Lipinski definition) is 1. The Kier molecular flexibility index (Phi) is 4.14. The smallest absolute Gasteiger partial charge is 0.341 e. The Labute approximate surface area is 123 Å². The van der Waals surface area contributed by atoms with Crippen molar-refractivity contribution in [2.75, 3.05) is 12.8 Å². The Balaban J connectivity index is 2.70. The zero-order chi connectivity index (χ0) is 14.9. The summed E-state index contributed by atoms with van der Waals surface area (Å²) in [4.78, 5) is 13.1. The lowest BCUT2D eigenvalue weighted by molar-refractivity contribution is 0.0603. The zero-order valence-electron chi connectivity index (χ0n) is 12.2. The molecule has 0 aliphatic carbocycles. The van der Waals surface area contributed by atoms with Crippen molar-refractivity contribution in [1.29, 1.82) is 0 Å². The fourth-order valence-electron chi connectivity index (χ4n) is 2.25. The Morgan fingerprint density at radius 1 is 1.30 bits per heavy atom. The average Bonchev–Trinajstić information content (AvgIpc) is 2.77. The van der Waals surface area contributed by atoms with Gasteiger partial charge in [0.05, 0.1) is 7.11 Å². The van der Waals surface area contributed by atoms with Crippen LogP contribution in [0.25, 0.3) is 11.1 Å². The molecule has 0 bridgehead atoms. The summed E-state index contributed by atoms with van der Waals surface area (Å²) in [6.07, 6.45) is 0.841. The molecule has 0 saturated heterocycles. The first-order chi connectivity index (χ1) is 9.49. The van der Waals surface area contributed by atoms with Gasteiger partial charge in [-0.3, -0.25) is 0 Å². The number of nitrogen functional groups attached to an aromatic ring is 1. The predicted octanol–water partition coefficient (Wildman–Crippen LogP) is 3.96. The summed E-state index contributed by atoms with van der Waals surface area (Å²) in [5, 5.41) is 0.530. The lowest BCUT2D eigenvalue weighted by Gasteiger charge is -2.09. The molecule has 0 radical (unpaired) electrons. The van der Waals surface area contributed by atoms with Gasteiger partial charge in [-0.05, 0) is 37.0 Å². The Morgan fingerprint density at radius 2 is 2.00 bits per heavy atom. The van der Waals surface area contributed by atoms with E-state index in [1.165, 1.54) is 29.6 Å². The number of carbonyl (C=O) groups excluding carboxylic acids is 1. The van der Waals surface area contributed by atoms with Gasteiger partial charge >= 0.3 is 5.97 Å². The molecule has 0 unspecified atom stereocenters. The molecule has 20 heavy (non-hydrogen) atoms. The number of esters is 1. The maximum atomic E-state index is 12.0. The predicted molar refractivity (Wildman–Crippen MR) is 84.4 cm³/mol. The van der Waals surface area contributed by atoms with Crippen LogP contribution in [0.1, 0.15) is 33.3 Å². The van der Waals surface area contributed by atoms with Gasteiger partial charge in [-0.25, -0.2) is 4.79 Å². The van der Waals surface area contributed by atoms with Crippen molar-refractivity contribution in [2.45, 2.75) is 27.2 Å². The normalized spacial score (nSPS) is 10.6. The molecule has 1 heterocycles. The minimum atomic E-state index is -0.369. The first-order valence-electron chi connectivity index (χ1n) is 6.56. The number of rotatable bonds is 3. The lowest BCUT2D eigenvalue weighted by Crippen LogP contribution is -2.05. The van der Waals surface area contributed by atoms with Crippen molar-refractivity contribution in [1.82, 2.24) is 0 Å². The molecule has 0 atom stereocenters. The van der Waals surface area contributed by atoms with Gasteiger partial charge in [0.15, 0.2) is 0 Å². The fraction of sp³-hybridized carbons (Fsp3) is 0.312. The maximum Gasteiger partial charge on any atom is 0.341 e. The molecule has 2 N–H and O–H groups in total. The third-order valence-corrected chi connectivity index (χ3v) is 4.68. The number of anilines is 1. The molecule has 1 aromatic heterocycles. The van der Waals surface area contributed by atoms with Crippen LogP contribution in [0.2, 0.25) is 0 Å². The van der Waals surface area contributed by atoms with Gasteiger partial charge in [-0.2, -0.15) is 0 Å². The van der Waals surface area contributed by atoms with Crippen LogP contribution in [0.5, 0.6) is 0 Å². The van der Waals surface area contributed by atoms with Crippen LogP contribution in [0.4, 0.5) is 5.00 Å². The Bertz CT molecular complexity index is 659. The van der Waals surface area contributed by atoms with Gasteiger partial charge in [0.2, 0.25) is 0 Å². The van der Waals surface area contributed by atoms with E-state index in [2.05, 4.69) is 32.9 Å². The second-order valence-corrected chi connectivity index (χ2v) is 5.92. The van der Waals surface area contributed by atoms with Crippen molar-refractivity contribution in [3.8, 4) is 11.1 Å². The number of aryl methyl sites for hydroxylation is 3. The molecule has 0 aliphatic heterocycles. The molecule has 0 spiro atoms. The molecular formula is C16H19NO2S. The Morgan fingerprint density at radius 3 is 2.55 bits per heavy atom. The highest BCUT2D eigenvalue weighted by atomic mass is 32.1. The van der Waals surface area contributed by atoms with Crippen LogP contribution in [0, 0.1) is 13.8 Å².